The van der Waals surface area contributed by atoms with Gasteiger partial charge in [-0.25, -0.2) is 4.39 Å². The van der Waals surface area contributed by atoms with Gasteiger partial charge in [-0.15, -0.1) is 0 Å². The fourth-order valence-corrected chi connectivity index (χ4v) is 4.93. The fraction of sp³-hybridized carbons (Fsp3) is 0.409. The molecule has 1 amide bonds. The molecule has 2 aromatic carbocycles. The molecule has 0 aromatic heterocycles. The molecule has 4 nitrogen and oxygen atoms in total. The number of benzene rings is 2. The molecule has 0 radical (unpaired) electrons. The van der Waals surface area contributed by atoms with Gasteiger partial charge in [-0.3, -0.25) is 4.79 Å². The van der Waals surface area contributed by atoms with E-state index in [2.05, 4.69) is 17.6 Å². The number of hydrogen-bond donors (Lipinski definition) is 3. The zero-order valence-electron chi connectivity index (χ0n) is 15.8. The van der Waals surface area contributed by atoms with Gasteiger partial charge in [-0.1, -0.05) is 18.5 Å². The van der Waals surface area contributed by atoms with Gasteiger partial charge >= 0.3 is 0 Å². The molecule has 0 saturated heterocycles. The van der Waals surface area contributed by atoms with E-state index in [1.54, 1.807) is 30.3 Å². The van der Waals surface area contributed by atoms with Gasteiger partial charge in [-0.2, -0.15) is 0 Å². The van der Waals surface area contributed by atoms with Crippen LogP contribution in [0.5, 0.6) is 0 Å². The quantitative estimate of drug-likeness (QED) is 0.614. The largest absolute Gasteiger partial charge is 0.397 e. The average molecular weight is 402 g/mol. The summed E-state index contributed by atoms with van der Waals surface area (Å²) >= 11 is 5.90. The van der Waals surface area contributed by atoms with Crippen LogP contribution in [-0.2, 0) is 0 Å². The Kier molecular flexibility index (Phi) is 5.19. The van der Waals surface area contributed by atoms with Crippen LogP contribution in [0.2, 0.25) is 5.02 Å². The third kappa shape index (κ3) is 3.81. The summed E-state index contributed by atoms with van der Waals surface area (Å²) in [5, 5.41) is 7.22. The van der Waals surface area contributed by atoms with Crippen molar-refractivity contribution >= 4 is 28.9 Å². The van der Waals surface area contributed by atoms with Crippen LogP contribution in [0.1, 0.15) is 36.5 Å². The van der Waals surface area contributed by atoms with Gasteiger partial charge in [0.15, 0.2) is 0 Å². The number of nitrogens with one attached hydrogen (secondary N) is 2. The van der Waals surface area contributed by atoms with E-state index in [0.717, 1.165) is 19.3 Å². The van der Waals surface area contributed by atoms with Crippen molar-refractivity contribution in [1.29, 1.82) is 0 Å². The molecule has 28 heavy (non-hydrogen) atoms. The summed E-state index contributed by atoms with van der Waals surface area (Å²) in [6.45, 7) is 2.12. The van der Waals surface area contributed by atoms with E-state index in [0.29, 0.717) is 45.8 Å². The second-order valence-corrected chi connectivity index (χ2v) is 8.38. The number of amides is 1. The minimum absolute atomic E-state index is 0.0456. The van der Waals surface area contributed by atoms with Crippen LogP contribution in [-0.4, -0.2) is 18.0 Å². The standard InChI is InChI=1S/C22H25ClFN3O/c1-2-19(27-22(28)12-3-5-13(23)6-4-12)21-16-10-15(11-17(16)21)26-20-9-14(24)7-8-18(20)25/h3-9,15-17,19,21,26H,2,10-11,25H2,1H3,(H,27,28). The third-order valence-electron chi connectivity index (χ3n) is 6.21. The van der Waals surface area contributed by atoms with Crippen LogP contribution in [0.15, 0.2) is 42.5 Å². The Morgan fingerprint density at radius 2 is 1.89 bits per heavy atom. The van der Waals surface area contributed by atoms with Gasteiger partial charge in [0.25, 0.3) is 5.91 Å². The van der Waals surface area contributed by atoms with E-state index in [1.807, 2.05) is 0 Å². The summed E-state index contributed by atoms with van der Waals surface area (Å²) < 4.78 is 13.5. The summed E-state index contributed by atoms with van der Waals surface area (Å²) in [5.41, 5.74) is 7.82. The van der Waals surface area contributed by atoms with Gasteiger partial charge in [0.05, 0.1) is 11.4 Å². The van der Waals surface area contributed by atoms with Crippen LogP contribution >= 0.6 is 11.6 Å². The zero-order valence-corrected chi connectivity index (χ0v) is 16.5. The Hall–Kier alpha value is -2.27. The Labute approximate surface area is 169 Å². The first-order chi connectivity index (χ1) is 13.5. The summed E-state index contributed by atoms with van der Waals surface area (Å²) in [7, 11) is 0. The molecule has 4 rings (SSSR count). The Balaban J connectivity index is 1.33. The minimum Gasteiger partial charge on any atom is -0.397 e. The summed E-state index contributed by atoms with van der Waals surface area (Å²) in [6, 6.07) is 11.9. The molecular weight excluding hydrogens is 377 g/mol. The first kappa shape index (κ1) is 19.1. The SMILES string of the molecule is CCC(NC(=O)c1ccc(Cl)cc1)C1C2CC(Nc3cc(F)ccc3N)CC21. The Bertz CT molecular complexity index is 861. The maximum absolute atomic E-state index is 13.5. The van der Waals surface area contributed by atoms with Crippen LogP contribution in [0.4, 0.5) is 15.8 Å². The molecule has 0 heterocycles. The lowest BCUT2D eigenvalue weighted by molar-refractivity contribution is 0.0927. The van der Waals surface area contributed by atoms with Gasteiger partial charge < -0.3 is 16.4 Å². The molecule has 2 aromatic rings. The molecule has 0 aliphatic heterocycles. The maximum Gasteiger partial charge on any atom is 0.251 e. The molecule has 0 bridgehead atoms. The Morgan fingerprint density at radius 1 is 1.21 bits per heavy atom. The molecule has 6 heteroatoms. The molecule has 0 spiro atoms. The molecule has 3 atom stereocenters. The summed E-state index contributed by atoms with van der Waals surface area (Å²) in [6.07, 6.45) is 2.96. The van der Waals surface area contributed by atoms with Gasteiger partial charge in [-0.05, 0) is 79.5 Å². The van der Waals surface area contributed by atoms with E-state index in [4.69, 9.17) is 17.3 Å². The van der Waals surface area contributed by atoms with E-state index >= 15 is 0 Å². The van der Waals surface area contributed by atoms with Crippen LogP contribution in [0.25, 0.3) is 0 Å². The molecule has 4 N–H and O–H groups in total. The van der Waals surface area contributed by atoms with Gasteiger partial charge in [0.1, 0.15) is 5.82 Å². The molecule has 3 unspecified atom stereocenters. The molecule has 148 valence electrons. The number of nitrogen functional groups attached to an aromatic ring is 1. The number of anilines is 2. The first-order valence-corrected chi connectivity index (χ1v) is 10.2. The van der Waals surface area contributed by atoms with Crippen molar-refractivity contribution in [3.63, 3.8) is 0 Å². The van der Waals surface area contributed by atoms with Crippen molar-refractivity contribution in [2.24, 2.45) is 17.8 Å². The highest BCUT2D eigenvalue weighted by atomic mass is 35.5. The summed E-state index contributed by atoms with van der Waals surface area (Å²) in [4.78, 5) is 12.5. The normalized spacial score (nSPS) is 26.4. The highest BCUT2D eigenvalue weighted by molar-refractivity contribution is 6.30. The van der Waals surface area contributed by atoms with Crippen molar-refractivity contribution < 1.29 is 9.18 Å². The lowest BCUT2D eigenvalue weighted by Gasteiger charge is -2.23. The fourth-order valence-electron chi connectivity index (χ4n) is 4.80. The first-order valence-electron chi connectivity index (χ1n) is 9.84. The molecule has 2 aliphatic carbocycles. The van der Waals surface area contributed by atoms with Crippen LogP contribution in [0.3, 0.4) is 0 Å². The monoisotopic (exact) mass is 401 g/mol. The van der Waals surface area contributed by atoms with Crippen molar-refractivity contribution in [3.05, 3.63) is 58.9 Å². The van der Waals surface area contributed by atoms with E-state index in [9.17, 15) is 9.18 Å². The topological polar surface area (TPSA) is 67.2 Å². The second-order valence-electron chi connectivity index (χ2n) is 7.94. The lowest BCUT2D eigenvalue weighted by Crippen LogP contribution is -2.38. The van der Waals surface area contributed by atoms with Crippen molar-refractivity contribution in [3.8, 4) is 0 Å². The molecule has 2 fully saturated rings. The van der Waals surface area contributed by atoms with Crippen LogP contribution in [0, 0.1) is 23.6 Å². The Morgan fingerprint density at radius 3 is 2.54 bits per heavy atom. The van der Waals surface area contributed by atoms with E-state index in [1.165, 1.54) is 12.1 Å². The molecular formula is C22H25ClFN3O. The summed E-state index contributed by atoms with van der Waals surface area (Å²) in [5.74, 6) is 1.39. The number of nitrogens with two attached hydrogens (primary N) is 1. The number of fused-ring (bicyclic) bond motifs is 1. The number of halogens is 2. The predicted octanol–water partition coefficient (Wildman–Crippen LogP) is 4.71. The van der Waals surface area contributed by atoms with Crippen molar-refractivity contribution in [1.82, 2.24) is 5.32 Å². The van der Waals surface area contributed by atoms with Gasteiger partial charge in [0.2, 0.25) is 0 Å². The lowest BCUT2D eigenvalue weighted by atomic mass is 9.98. The molecule has 2 aliphatic rings. The van der Waals surface area contributed by atoms with Crippen LogP contribution < -0.4 is 16.4 Å². The number of carbonyl (C=O) groups is 1. The average Bonchev–Trinajstić information content (AvgIpc) is 3.17. The number of carbonyl (C=O) groups excluding carboxylic acids is 1. The van der Waals surface area contributed by atoms with Crippen molar-refractivity contribution in [2.45, 2.75) is 38.3 Å². The van der Waals surface area contributed by atoms with E-state index < -0.39 is 0 Å². The van der Waals surface area contributed by atoms with Gasteiger partial charge in [0, 0.05) is 22.7 Å². The smallest absolute Gasteiger partial charge is 0.251 e. The number of hydrogen-bond acceptors (Lipinski definition) is 3. The zero-order chi connectivity index (χ0) is 19.8. The second kappa shape index (κ2) is 7.63. The highest BCUT2D eigenvalue weighted by Crippen LogP contribution is 2.60. The minimum atomic E-state index is -0.284. The van der Waals surface area contributed by atoms with E-state index in [-0.39, 0.29) is 17.8 Å². The highest BCUT2D eigenvalue weighted by Gasteiger charge is 2.58. The third-order valence-corrected chi connectivity index (χ3v) is 6.47. The number of rotatable bonds is 6. The molecule has 2 saturated carbocycles. The maximum atomic E-state index is 13.5. The predicted molar refractivity (Wildman–Crippen MR) is 111 cm³/mol. The van der Waals surface area contributed by atoms with Crippen molar-refractivity contribution in [2.75, 3.05) is 11.1 Å².